The van der Waals surface area contributed by atoms with Gasteiger partial charge in [0, 0.05) is 16.8 Å². The number of aliphatic hydroxyl groups excluding tert-OH is 5. The standard InChI is InChI=1S/C22H26O11/c1-22(2,33-21-17(28)16(27)15(26)12(8-23)31-21)13(24)9-30-20-18-11(5-6-29-18)7-10-3-4-14(25)32-19(10)20/h3-7,12-13,15-17,21,23-24,26-28H,8-9H2,1-2H3/t12-,13+,15-,16+,17-,21+/m1/s1. The average molecular weight is 466 g/mol. The normalized spacial score (nSPS) is 27.2. The highest BCUT2D eigenvalue weighted by Gasteiger charge is 2.47. The third-order valence-electron chi connectivity index (χ3n) is 5.74. The van der Waals surface area contributed by atoms with Crippen molar-refractivity contribution in [3.05, 3.63) is 40.9 Å². The zero-order valence-electron chi connectivity index (χ0n) is 18.0. The zero-order chi connectivity index (χ0) is 23.9. The minimum atomic E-state index is -1.62. The minimum absolute atomic E-state index is 0.132. The first-order chi connectivity index (χ1) is 15.6. The van der Waals surface area contributed by atoms with Gasteiger partial charge in [0.25, 0.3) is 0 Å². The first-order valence-corrected chi connectivity index (χ1v) is 10.4. The molecule has 0 spiro atoms. The van der Waals surface area contributed by atoms with E-state index in [1.807, 2.05) is 0 Å². The van der Waals surface area contributed by atoms with Crippen molar-refractivity contribution in [2.75, 3.05) is 13.2 Å². The van der Waals surface area contributed by atoms with Crippen molar-refractivity contribution >= 4 is 21.9 Å². The van der Waals surface area contributed by atoms with E-state index >= 15 is 0 Å². The van der Waals surface area contributed by atoms with Gasteiger partial charge in [-0.15, -0.1) is 0 Å². The summed E-state index contributed by atoms with van der Waals surface area (Å²) in [5, 5.41) is 51.5. The molecule has 11 nitrogen and oxygen atoms in total. The largest absolute Gasteiger partial charge is 0.483 e. The van der Waals surface area contributed by atoms with E-state index < -0.39 is 54.6 Å². The number of hydrogen-bond acceptors (Lipinski definition) is 11. The number of rotatable bonds is 7. The monoisotopic (exact) mass is 466 g/mol. The fourth-order valence-corrected chi connectivity index (χ4v) is 3.64. The number of aliphatic hydroxyl groups is 5. The second-order valence-electron chi connectivity index (χ2n) is 8.46. The summed E-state index contributed by atoms with van der Waals surface area (Å²) in [5.41, 5.74) is -1.46. The van der Waals surface area contributed by atoms with Crippen LogP contribution in [0.15, 0.2) is 44.2 Å². The molecular formula is C22H26O11. The number of furan rings is 1. The average Bonchev–Trinajstić information content (AvgIpc) is 3.25. The third-order valence-corrected chi connectivity index (χ3v) is 5.74. The smallest absolute Gasteiger partial charge is 0.336 e. The first kappa shape index (κ1) is 23.6. The second kappa shape index (κ2) is 9.03. The molecule has 3 heterocycles. The van der Waals surface area contributed by atoms with Crippen molar-refractivity contribution in [1.29, 1.82) is 0 Å². The van der Waals surface area contributed by atoms with Crippen LogP contribution in [0.5, 0.6) is 5.75 Å². The summed E-state index contributed by atoms with van der Waals surface area (Å²) in [6.07, 6.45) is -7.18. The summed E-state index contributed by atoms with van der Waals surface area (Å²) in [6, 6.07) is 6.36. The Hall–Kier alpha value is -2.51. The third kappa shape index (κ3) is 4.49. The molecule has 0 radical (unpaired) electrons. The quantitative estimate of drug-likeness (QED) is 0.294. The van der Waals surface area contributed by atoms with Crippen LogP contribution in [0.1, 0.15) is 13.8 Å². The molecule has 1 fully saturated rings. The van der Waals surface area contributed by atoms with E-state index in [0.29, 0.717) is 16.4 Å². The van der Waals surface area contributed by atoms with Crippen LogP contribution in [-0.2, 0) is 9.47 Å². The van der Waals surface area contributed by atoms with Crippen molar-refractivity contribution in [2.24, 2.45) is 0 Å². The first-order valence-electron chi connectivity index (χ1n) is 10.4. The minimum Gasteiger partial charge on any atom is -0.483 e. The summed E-state index contributed by atoms with van der Waals surface area (Å²) >= 11 is 0. The van der Waals surface area contributed by atoms with E-state index in [2.05, 4.69) is 0 Å². The lowest BCUT2D eigenvalue weighted by molar-refractivity contribution is -0.332. The van der Waals surface area contributed by atoms with Crippen LogP contribution in [0.2, 0.25) is 0 Å². The molecule has 0 bridgehead atoms. The number of ether oxygens (including phenoxy) is 3. The maximum Gasteiger partial charge on any atom is 0.336 e. The Morgan fingerprint density at radius 1 is 1.06 bits per heavy atom. The summed E-state index contributed by atoms with van der Waals surface area (Å²) < 4.78 is 27.6. The van der Waals surface area contributed by atoms with Crippen LogP contribution in [0.25, 0.3) is 21.9 Å². The number of hydrogen-bond donors (Lipinski definition) is 5. The van der Waals surface area contributed by atoms with Gasteiger partial charge in [0.05, 0.1) is 18.5 Å². The molecule has 33 heavy (non-hydrogen) atoms. The molecule has 2 aromatic heterocycles. The van der Waals surface area contributed by atoms with Gasteiger partial charge < -0.3 is 48.6 Å². The zero-order valence-corrected chi connectivity index (χ0v) is 18.0. The highest BCUT2D eigenvalue weighted by atomic mass is 16.7. The Labute approximate surface area is 187 Å². The molecule has 1 aromatic carbocycles. The molecule has 0 unspecified atom stereocenters. The molecule has 1 aliphatic heterocycles. The lowest BCUT2D eigenvalue weighted by atomic mass is 9.98. The van der Waals surface area contributed by atoms with E-state index in [0.717, 1.165) is 0 Å². The molecule has 0 saturated carbocycles. The molecule has 180 valence electrons. The van der Waals surface area contributed by atoms with E-state index in [4.69, 9.17) is 23.0 Å². The van der Waals surface area contributed by atoms with Gasteiger partial charge in [-0.3, -0.25) is 0 Å². The van der Waals surface area contributed by atoms with Crippen LogP contribution in [0, 0.1) is 0 Å². The van der Waals surface area contributed by atoms with Gasteiger partial charge >= 0.3 is 5.63 Å². The van der Waals surface area contributed by atoms with Crippen molar-refractivity contribution in [2.45, 2.75) is 56.3 Å². The molecule has 11 heteroatoms. The van der Waals surface area contributed by atoms with Gasteiger partial charge in [0.1, 0.15) is 37.1 Å². The summed E-state index contributed by atoms with van der Waals surface area (Å²) in [7, 11) is 0. The van der Waals surface area contributed by atoms with Gasteiger partial charge in [-0.05, 0) is 32.0 Å². The van der Waals surface area contributed by atoms with Crippen LogP contribution in [0.4, 0.5) is 0 Å². The van der Waals surface area contributed by atoms with Crippen molar-refractivity contribution < 1.29 is 48.6 Å². The van der Waals surface area contributed by atoms with Crippen LogP contribution >= 0.6 is 0 Å². The lowest BCUT2D eigenvalue weighted by Gasteiger charge is -2.43. The van der Waals surface area contributed by atoms with Crippen LogP contribution < -0.4 is 10.4 Å². The maximum atomic E-state index is 11.7. The Morgan fingerprint density at radius 3 is 2.52 bits per heavy atom. The van der Waals surface area contributed by atoms with E-state index in [1.54, 1.807) is 18.2 Å². The fraction of sp³-hybridized carbons (Fsp3) is 0.500. The molecule has 1 aliphatic rings. The van der Waals surface area contributed by atoms with Gasteiger partial charge in [-0.25, -0.2) is 4.79 Å². The van der Waals surface area contributed by atoms with Crippen LogP contribution in [-0.4, -0.2) is 81.2 Å². The molecule has 3 aromatic rings. The van der Waals surface area contributed by atoms with Gasteiger partial charge in [0.15, 0.2) is 17.5 Å². The predicted octanol–water partition coefficient (Wildman–Crippen LogP) is -0.126. The highest BCUT2D eigenvalue weighted by molar-refractivity contribution is 5.99. The number of benzene rings is 1. The lowest BCUT2D eigenvalue weighted by Crippen LogP contribution is -2.61. The SMILES string of the molecule is CC(C)(O[C@@H]1O[C@H](CO)[C@@H](O)[C@H](O)[C@H]1O)[C@@H](O)COc1c2occc2cc2ccc(=O)oc12. The van der Waals surface area contributed by atoms with Crippen LogP contribution in [0.3, 0.4) is 0 Å². The van der Waals surface area contributed by atoms with Crippen molar-refractivity contribution in [3.8, 4) is 5.75 Å². The topological polar surface area (TPSA) is 172 Å². The summed E-state index contributed by atoms with van der Waals surface area (Å²) in [5.74, 6) is 0.132. The molecule has 5 N–H and O–H groups in total. The van der Waals surface area contributed by atoms with E-state index in [-0.39, 0.29) is 17.9 Å². The van der Waals surface area contributed by atoms with Crippen molar-refractivity contribution in [3.63, 3.8) is 0 Å². The number of fused-ring (bicyclic) bond motifs is 2. The molecular weight excluding hydrogens is 440 g/mol. The fourth-order valence-electron chi connectivity index (χ4n) is 3.64. The van der Waals surface area contributed by atoms with Crippen molar-refractivity contribution in [1.82, 2.24) is 0 Å². The summed E-state index contributed by atoms with van der Waals surface area (Å²) in [4.78, 5) is 11.7. The Morgan fingerprint density at radius 2 is 1.79 bits per heavy atom. The van der Waals surface area contributed by atoms with Gasteiger partial charge in [0.2, 0.25) is 5.75 Å². The Bertz CT molecular complexity index is 1160. The Balaban J connectivity index is 1.53. The van der Waals surface area contributed by atoms with E-state index in [1.165, 1.54) is 26.2 Å². The predicted molar refractivity (Wildman–Crippen MR) is 113 cm³/mol. The maximum absolute atomic E-state index is 11.7. The molecule has 1 saturated heterocycles. The highest BCUT2D eigenvalue weighted by Crippen LogP contribution is 2.35. The molecule has 0 amide bonds. The molecule has 6 atom stereocenters. The van der Waals surface area contributed by atoms with Gasteiger partial charge in [-0.2, -0.15) is 0 Å². The Kier molecular flexibility index (Phi) is 6.47. The molecule has 0 aliphatic carbocycles. The molecule has 4 rings (SSSR count). The summed E-state index contributed by atoms with van der Waals surface area (Å²) in [6.45, 7) is 2.09. The van der Waals surface area contributed by atoms with E-state index in [9.17, 15) is 30.3 Å². The van der Waals surface area contributed by atoms with Gasteiger partial charge in [-0.1, -0.05) is 0 Å². The second-order valence-corrected chi connectivity index (χ2v) is 8.46.